The molecular weight excluding hydrogens is 245 g/mol. The third kappa shape index (κ3) is 3.06. The van der Waals surface area contributed by atoms with E-state index >= 15 is 0 Å². The number of halogens is 1. The van der Waals surface area contributed by atoms with E-state index in [1.165, 1.54) is 25.0 Å². The average molecular weight is 265 g/mol. The average Bonchev–Trinajstić information content (AvgIpc) is 2.85. The number of aromatic hydroxyl groups is 1. The van der Waals surface area contributed by atoms with Crippen molar-refractivity contribution in [2.75, 3.05) is 6.54 Å². The van der Waals surface area contributed by atoms with Crippen molar-refractivity contribution in [3.8, 4) is 5.75 Å². The first-order valence-corrected chi connectivity index (χ1v) is 6.83. The normalized spacial score (nSPS) is 17.4. The van der Waals surface area contributed by atoms with E-state index in [0.717, 1.165) is 25.3 Å². The molecule has 0 bridgehead atoms. The summed E-state index contributed by atoms with van der Waals surface area (Å²) in [6.07, 6.45) is 5.75. The molecule has 2 N–H and O–H groups in total. The zero-order valence-electron chi connectivity index (χ0n) is 11.2. The van der Waals surface area contributed by atoms with Gasteiger partial charge in [-0.2, -0.15) is 0 Å². The summed E-state index contributed by atoms with van der Waals surface area (Å²) in [5, 5.41) is 12.4. The number of nitrogens with one attached hydrogen (secondary N) is 1. The second-order valence-corrected chi connectivity index (χ2v) is 5.40. The molecule has 0 unspecified atom stereocenters. The first-order chi connectivity index (χ1) is 9.06. The van der Waals surface area contributed by atoms with Crippen molar-refractivity contribution >= 4 is 5.91 Å². The Morgan fingerprint density at radius 3 is 2.68 bits per heavy atom. The van der Waals surface area contributed by atoms with Gasteiger partial charge >= 0.3 is 0 Å². The van der Waals surface area contributed by atoms with Crippen LogP contribution in [0.5, 0.6) is 5.75 Å². The van der Waals surface area contributed by atoms with Crippen LogP contribution in [-0.2, 0) is 0 Å². The predicted molar refractivity (Wildman–Crippen MR) is 71.6 cm³/mol. The van der Waals surface area contributed by atoms with Gasteiger partial charge in [0.25, 0.3) is 5.91 Å². The molecule has 3 nitrogen and oxygen atoms in total. The summed E-state index contributed by atoms with van der Waals surface area (Å²) < 4.78 is 12.9. The van der Waals surface area contributed by atoms with Gasteiger partial charge in [-0.05, 0) is 36.8 Å². The van der Waals surface area contributed by atoms with Crippen molar-refractivity contribution in [1.82, 2.24) is 5.32 Å². The highest BCUT2D eigenvalue weighted by Gasteiger charge is 2.32. The topological polar surface area (TPSA) is 49.3 Å². The van der Waals surface area contributed by atoms with Crippen LogP contribution in [-0.4, -0.2) is 17.6 Å². The lowest BCUT2D eigenvalue weighted by Gasteiger charge is -2.27. The third-order valence-electron chi connectivity index (χ3n) is 4.24. The summed E-state index contributed by atoms with van der Waals surface area (Å²) in [4.78, 5) is 12.0. The van der Waals surface area contributed by atoms with Crippen molar-refractivity contribution in [2.24, 2.45) is 5.41 Å². The lowest BCUT2D eigenvalue weighted by molar-refractivity contribution is 0.0926. The Kier molecular flexibility index (Phi) is 4.08. The smallest absolute Gasteiger partial charge is 0.255 e. The van der Waals surface area contributed by atoms with E-state index in [0.29, 0.717) is 6.54 Å². The minimum atomic E-state index is -0.546. The van der Waals surface area contributed by atoms with Gasteiger partial charge in [-0.1, -0.05) is 19.8 Å². The van der Waals surface area contributed by atoms with E-state index in [1.54, 1.807) is 0 Å². The van der Waals surface area contributed by atoms with Gasteiger partial charge < -0.3 is 10.4 Å². The van der Waals surface area contributed by atoms with E-state index in [2.05, 4.69) is 12.2 Å². The molecule has 0 atom stereocenters. The molecule has 1 aromatic carbocycles. The number of hydrogen-bond donors (Lipinski definition) is 2. The van der Waals surface area contributed by atoms with E-state index in [9.17, 15) is 14.3 Å². The quantitative estimate of drug-likeness (QED) is 0.878. The molecule has 19 heavy (non-hydrogen) atoms. The molecule has 1 aromatic rings. The molecule has 0 heterocycles. The van der Waals surface area contributed by atoms with E-state index < -0.39 is 5.82 Å². The number of phenols is 1. The highest BCUT2D eigenvalue weighted by molar-refractivity contribution is 5.96. The Morgan fingerprint density at radius 1 is 1.42 bits per heavy atom. The summed E-state index contributed by atoms with van der Waals surface area (Å²) in [5.74, 6) is -1.19. The lowest BCUT2D eigenvalue weighted by Crippen LogP contribution is -2.35. The van der Waals surface area contributed by atoms with Crippen LogP contribution in [0.3, 0.4) is 0 Å². The van der Waals surface area contributed by atoms with Crippen molar-refractivity contribution in [1.29, 1.82) is 0 Å². The summed E-state index contributed by atoms with van der Waals surface area (Å²) >= 11 is 0. The molecule has 1 saturated carbocycles. The maximum atomic E-state index is 12.9. The maximum Gasteiger partial charge on any atom is 0.255 e. The number of carbonyl (C=O) groups excluding carboxylic acids is 1. The Hall–Kier alpha value is -1.58. The third-order valence-corrected chi connectivity index (χ3v) is 4.24. The molecule has 0 spiro atoms. The van der Waals surface area contributed by atoms with Crippen LogP contribution in [0, 0.1) is 11.2 Å². The van der Waals surface area contributed by atoms with Gasteiger partial charge in [0.2, 0.25) is 0 Å². The van der Waals surface area contributed by atoms with Crippen LogP contribution < -0.4 is 5.32 Å². The SMILES string of the molecule is CCC1(CNC(=O)c2ccc(F)cc2O)CCCC1. The Morgan fingerprint density at radius 2 is 2.11 bits per heavy atom. The van der Waals surface area contributed by atoms with Gasteiger partial charge in [0.1, 0.15) is 11.6 Å². The van der Waals surface area contributed by atoms with Crippen LogP contribution in [0.4, 0.5) is 4.39 Å². The van der Waals surface area contributed by atoms with Crippen LogP contribution in [0.25, 0.3) is 0 Å². The lowest BCUT2D eigenvalue weighted by atomic mass is 9.83. The molecule has 1 fully saturated rings. The second-order valence-electron chi connectivity index (χ2n) is 5.40. The first kappa shape index (κ1) is 13.8. The second kappa shape index (κ2) is 5.59. The summed E-state index contributed by atoms with van der Waals surface area (Å²) in [6.45, 7) is 2.77. The molecule has 0 saturated heterocycles. The van der Waals surface area contributed by atoms with Crippen molar-refractivity contribution in [3.63, 3.8) is 0 Å². The fourth-order valence-corrected chi connectivity index (χ4v) is 2.84. The monoisotopic (exact) mass is 265 g/mol. The largest absolute Gasteiger partial charge is 0.507 e. The van der Waals surface area contributed by atoms with Crippen LogP contribution in [0.1, 0.15) is 49.4 Å². The van der Waals surface area contributed by atoms with Crippen molar-refractivity contribution < 1.29 is 14.3 Å². The van der Waals surface area contributed by atoms with Gasteiger partial charge in [-0.3, -0.25) is 4.79 Å². The molecule has 104 valence electrons. The standard InChI is InChI=1S/C15H20FNO2/c1-2-15(7-3-4-8-15)10-17-14(19)12-6-5-11(16)9-13(12)18/h5-6,9,18H,2-4,7-8,10H2,1H3,(H,17,19). The Balaban J connectivity index is 2.01. The molecular formula is C15H20FNO2. The van der Waals surface area contributed by atoms with Gasteiger partial charge in [0, 0.05) is 12.6 Å². The van der Waals surface area contributed by atoms with Crippen molar-refractivity contribution in [3.05, 3.63) is 29.6 Å². The molecule has 0 aromatic heterocycles. The molecule has 2 rings (SSSR count). The van der Waals surface area contributed by atoms with Crippen LogP contribution >= 0.6 is 0 Å². The summed E-state index contributed by atoms with van der Waals surface area (Å²) in [6, 6.07) is 3.45. The highest BCUT2D eigenvalue weighted by atomic mass is 19.1. The van der Waals surface area contributed by atoms with E-state index in [-0.39, 0.29) is 22.6 Å². The molecule has 0 aliphatic heterocycles. The zero-order chi connectivity index (χ0) is 13.9. The number of hydrogen-bond acceptors (Lipinski definition) is 2. The number of phenolic OH excluding ortho intramolecular Hbond substituents is 1. The fourth-order valence-electron chi connectivity index (χ4n) is 2.84. The molecule has 1 amide bonds. The van der Waals surface area contributed by atoms with Crippen LogP contribution in [0.2, 0.25) is 0 Å². The van der Waals surface area contributed by atoms with E-state index in [4.69, 9.17) is 0 Å². The molecule has 0 radical (unpaired) electrons. The molecule has 1 aliphatic carbocycles. The minimum absolute atomic E-state index is 0.130. The van der Waals surface area contributed by atoms with Gasteiger partial charge in [-0.25, -0.2) is 4.39 Å². The number of rotatable bonds is 4. The number of benzene rings is 1. The predicted octanol–water partition coefficient (Wildman–Crippen LogP) is 3.23. The summed E-state index contributed by atoms with van der Waals surface area (Å²) in [5.41, 5.74) is 0.330. The summed E-state index contributed by atoms with van der Waals surface area (Å²) in [7, 11) is 0. The first-order valence-electron chi connectivity index (χ1n) is 6.83. The van der Waals surface area contributed by atoms with E-state index in [1.807, 2.05) is 0 Å². The van der Waals surface area contributed by atoms with Gasteiger partial charge in [0.15, 0.2) is 0 Å². The van der Waals surface area contributed by atoms with Gasteiger partial charge in [0.05, 0.1) is 5.56 Å². The minimum Gasteiger partial charge on any atom is -0.507 e. The van der Waals surface area contributed by atoms with Gasteiger partial charge in [-0.15, -0.1) is 0 Å². The number of amides is 1. The fraction of sp³-hybridized carbons (Fsp3) is 0.533. The molecule has 4 heteroatoms. The molecule has 1 aliphatic rings. The Bertz CT molecular complexity index is 467. The maximum absolute atomic E-state index is 12.9. The van der Waals surface area contributed by atoms with Crippen LogP contribution in [0.15, 0.2) is 18.2 Å². The zero-order valence-corrected chi connectivity index (χ0v) is 11.2. The number of carbonyl (C=O) groups is 1. The Labute approximate surface area is 112 Å². The highest BCUT2D eigenvalue weighted by Crippen LogP contribution is 2.40. The van der Waals surface area contributed by atoms with Crippen molar-refractivity contribution in [2.45, 2.75) is 39.0 Å².